The van der Waals surface area contributed by atoms with Crippen LogP contribution in [0.3, 0.4) is 0 Å². The van der Waals surface area contributed by atoms with Gasteiger partial charge in [0, 0.05) is 22.4 Å². The van der Waals surface area contributed by atoms with Gasteiger partial charge in [0.25, 0.3) is 0 Å². The Bertz CT molecular complexity index is 1360. The highest BCUT2D eigenvalue weighted by Crippen LogP contribution is 2.43. The smallest absolute Gasteiger partial charge is 0.232 e. The van der Waals surface area contributed by atoms with Gasteiger partial charge < -0.3 is 0 Å². The molecular formula is C23H16ClF3N2O2S. The first kappa shape index (κ1) is 22.1. The molecule has 4 rings (SSSR count). The molecule has 1 aromatic heterocycles. The molecule has 0 aliphatic rings. The standard InChI is InChI=1S/C23H16ClF3N2O2S/c1-32(30,31)19-13-7-16(8-14-19)21-20(15-5-3-2-4-6-15)22(23(25,26)27)28-29(21)18-11-9-17(24)10-12-18/h2-14H,1H3. The van der Waals surface area contributed by atoms with E-state index in [1.54, 1.807) is 54.6 Å². The Morgan fingerprint density at radius 2 is 1.44 bits per heavy atom. The van der Waals surface area contributed by atoms with Gasteiger partial charge in [-0.15, -0.1) is 0 Å². The minimum atomic E-state index is -4.72. The van der Waals surface area contributed by atoms with Crippen molar-refractivity contribution >= 4 is 21.4 Å². The summed E-state index contributed by atoms with van der Waals surface area (Å²) in [7, 11) is -3.47. The molecular weight excluding hydrogens is 461 g/mol. The lowest BCUT2D eigenvalue weighted by Gasteiger charge is -2.12. The second-order valence-electron chi connectivity index (χ2n) is 7.12. The second kappa shape index (κ2) is 8.11. The lowest BCUT2D eigenvalue weighted by atomic mass is 9.98. The Balaban J connectivity index is 2.07. The zero-order valence-corrected chi connectivity index (χ0v) is 18.2. The van der Waals surface area contributed by atoms with Crippen LogP contribution in [0.5, 0.6) is 0 Å². The fourth-order valence-electron chi connectivity index (χ4n) is 3.39. The number of nitrogens with zero attached hydrogens (tertiary/aromatic N) is 2. The molecule has 0 radical (unpaired) electrons. The maximum Gasteiger partial charge on any atom is 0.435 e. The average molecular weight is 477 g/mol. The van der Waals surface area contributed by atoms with Gasteiger partial charge in [-0.05, 0) is 42.0 Å². The van der Waals surface area contributed by atoms with Crippen LogP contribution in [-0.2, 0) is 16.0 Å². The highest BCUT2D eigenvalue weighted by molar-refractivity contribution is 7.90. The Morgan fingerprint density at radius 3 is 1.97 bits per heavy atom. The van der Waals surface area contributed by atoms with Crippen molar-refractivity contribution < 1.29 is 21.6 Å². The van der Waals surface area contributed by atoms with Crippen molar-refractivity contribution in [1.82, 2.24) is 9.78 Å². The van der Waals surface area contributed by atoms with Gasteiger partial charge in [-0.3, -0.25) is 0 Å². The summed E-state index contributed by atoms with van der Waals surface area (Å²) in [5.41, 5.74) is 0.146. The maximum atomic E-state index is 14.1. The van der Waals surface area contributed by atoms with Crippen molar-refractivity contribution in [2.24, 2.45) is 0 Å². The summed E-state index contributed by atoms with van der Waals surface area (Å²) in [4.78, 5) is 0.0658. The largest absolute Gasteiger partial charge is 0.435 e. The molecule has 4 nitrogen and oxygen atoms in total. The molecule has 3 aromatic carbocycles. The third kappa shape index (κ3) is 4.28. The second-order valence-corrected chi connectivity index (χ2v) is 9.57. The lowest BCUT2D eigenvalue weighted by Crippen LogP contribution is -2.08. The molecule has 0 aliphatic carbocycles. The number of aromatic nitrogens is 2. The molecule has 0 atom stereocenters. The fourth-order valence-corrected chi connectivity index (χ4v) is 4.15. The molecule has 0 unspecified atom stereocenters. The van der Waals surface area contributed by atoms with Crippen LogP contribution in [0.2, 0.25) is 5.02 Å². The van der Waals surface area contributed by atoms with Crippen molar-refractivity contribution in [2.45, 2.75) is 11.1 Å². The molecule has 0 fully saturated rings. The van der Waals surface area contributed by atoms with E-state index in [1.165, 1.54) is 28.9 Å². The maximum absolute atomic E-state index is 14.1. The summed E-state index contributed by atoms with van der Waals surface area (Å²) in [5.74, 6) is 0. The van der Waals surface area contributed by atoms with Gasteiger partial charge in [0.2, 0.25) is 0 Å². The summed E-state index contributed by atoms with van der Waals surface area (Å²) in [6.45, 7) is 0. The summed E-state index contributed by atoms with van der Waals surface area (Å²) in [6.07, 6.45) is -3.65. The molecule has 1 heterocycles. The molecule has 164 valence electrons. The van der Waals surface area contributed by atoms with E-state index in [9.17, 15) is 21.6 Å². The van der Waals surface area contributed by atoms with Crippen LogP contribution in [0.4, 0.5) is 13.2 Å². The molecule has 0 saturated carbocycles. The normalized spacial score (nSPS) is 12.2. The predicted octanol–water partition coefficient (Wildman–Crippen LogP) is 6.28. The first-order valence-corrected chi connectivity index (χ1v) is 11.6. The molecule has 0 amide bonds. The number of alkyl halides is 3. The highest BCUT2D eigenvalue weighted by Gasteiger charge is 2.40. The van der Waals surface area contributed by atoms with Gasteiger partial charge in [-0.25, -0.2) is 13.1 Å². The summed E-state index contributed by atoms with van der Waals surface area (Å²) in [6, 6.07) is 20.1. The van der Waals surface area contributed by atoms with Crippen LogP contribution < -0.4 is 0 Å². The van der Waals surface area contributed by atoms with E-state index in [2.05, 4.69) is 5.10 Å². The molecule has 4 aromatic rings. The van der Waals surface area contributed by atoms with Crippen molar-refractivity contribution in [1.29, 1.82) is 0 Å². The van der Waals surface area contributed by atoms with E-state index in [1.807, 2.05) is 0 Å². The first-order valence-electron chi connectivity index (χ1n) is 9.38. The minimum Gasteiger partial charge on any atom is -0.232 e. The topological polar surface area (TPSA) is 52.0 Å². The van der Waals surface area contributed by atoms with Gasteiger partial charge in [-0.2, -0.15) is 18.3 Å². The Labute approximate surface area is 187 Å². The zero-order chi connectivity index (χ0) is 23.1. The highest BCUT2D eigenvalue weighted by atomic mass is 35.5. The van der Waals surface area contributed by atoms with Crippen LogP contribution >= 0.6 is 11.6 Å². The van der Waals surface area contributed by atoms with Gasteiger partial charge in [0.15, 0.2) is 15.5 Å². The van der Waals surface area contributed by atoms with E-state index >= 15 is 0 Å². The van der Waals surface area contributed by atoms with Gasteiger partial charge >= 0.3 is 6.18 Å². The average Bonchev–Trinajstić information content (AvgIpc) is 3.15. The van der Waals surface area contributed by atoms with Crippen molar-refractivity contribution in [3.63, 3.8) is 0 Å². The zero-order valence-electron chi connectivity index (χ0n) is 16.6. The summed E-state index contributed by atoms with van der Waals surface area (Å²) < 4.78 is 67.1. The minimum absolute atomic E-state index is 0.0658. The Morgan fingerprint density at radius 1 is 0.844 bits per heavy atom. The van der Waals surface area contributed by atoms with Gasteiger partial charge in [0.05, 0.1) is 16.3 Å². The number of benzene rings is 3. The predicted molar refractivity (Wildman–Crippen MR) is 118 cm³/mol. The van der Waals surface area contributed by atoms with E-state index < -0.39 is 21.7 Å². The molecule has 32 heavy (non-hydrogen) atoms. The number of hydrogen-bond acceptors (Lipinski definition) is 3. The molecule has 0 aliphatic heterocycles. The van der Waals surface area contributed by atoms with Crippen LogP contribution in [0.25, 0.3) is 28.1 Å². The lowest BCUT2D eigenvalue weighted by molar-refractivity contribution is -0.140. The van der Waals surface area contributed by atoms with Crippen LogP contribution in [0.1, 0.15) is 5.69 Å². The van der Waals surface area contributed by atoms with Crippen molar-refractivity contribution in [3.05, 3.63) is 89.6 Å². The quantitative estimate of drug-likeness (QED) is 0.348. The van der Waals surface area contributed by atoms with Crippen LogP contribution in [0.15, 0.2) is 83.8 Å². The van der Waals surface area contributed by atoms with Crippen LogP contribution in [0, 0.1) is 0 Å². The summed E-state index contributed by atoms with van der Waals surface area (Å²) >= 11 is 5.95. The number of sulfone groups is 1. The molecule has 9 heteroatoms. The van der Waals surface area contributed by atoms with Gasteiger partial charge in [-0.1, -0.05) is 54.1 Å². The first-order chi connectivity index (χ1) is 15.1. The SMILES string of the molecule is CS(=O)(=O)c1ccc(-c2c(-c3ccccc3)c(C(F)(F)F)nn2-c2ccc(Cl)cc2)cc1. The van der Waals surface area contributed by atoms with E-state index in [0.29, 0.717) is 21.8 Å². The fraction of sp³-hybridized carbons (Fsp3) is 0.0870. The van der Waals surface area contributed by atoms with E-state index in [4.69, 9.17) is 11.6 Å². The number of rotatable bonds is 4. The Kier molecular flexibility index (Phi) is 5.60. The van der Waals surface area contributed by atoms with E-state index in [-0.39, 0.29) is 16.2 Å². The van der Waals surface area contributed by atoms with Gasteiger partial charge in [0.1, 0.15) is 0 Å². The molecule has 0 saturated heterocycles. The Hall–Kier alpha value is -3.10. The van der Waals surface area contributed by atoms with Crippen molar-refractivity contribution in [2.75, 3.05) is 6.26 Å². The third-order valence-corrected chi connectivity index (χ3v) is 6.22. The monoisotopic (exact) mass is 476 g/mol. The number of hydrogen-bond donors (Lipinski definition) is 0. The molecule has 0 N–H and O–H groups in total. The van der Waals surface area contributed by atoms with Crippen LogP contribution in [-0.4, -0.2) is 24.5 Å². The number of halogens is 4. The molecule has 0 bridgehead atoms. The summed E-state index contributed by atoms with van der Waals surface area (Å²) in [5, 5.41) is 4.37. The molecule has 0 spiro atoms. The third-order valence-electron chi connectivity index (χ3n) is 4.84. The van der Waals surface area contributed by atoms with E-state index in [0.717, 1.165) is 6.26 Å². The van der Waals surface area contributed by atoms with Crippen molar-refractivity contribution in [3.8, 4) is 28.1 Å².